The van der Waals surface area contributed by atoms with Gasteiger partial charge in [-0.3, -0.25) is 4.57 Å². The highest BCUT2D eigenvalue weighted by molar-refractivity contribution is 7.99. The fraction of sp³-hybridized carbons (Fsp3) is 0.240. The number of fused-ring (bicyclic) bond motifs is 1. The molecule has 170 valence electrons. The van der Waals surface area contributed by atoms with Crippen LogP contribution in [0.15, 0.2) is 88.9 Å². The van der Waals surface area contributed by atoms with E-state index in [-0.39, 0.29) is 16.2 Å². The Bertz CT molecular complexity index is 1360. The zero-order valence-corrected chi connectivity index (χ0v) is 20.3. The lowest BCUT2D eigenvalue weighted by Gasteiger charge is -2.31. The van der Waals surface area contributed by atoms with Gasteiger partial charge in [0.05, 0.1) is 15.9 Å². The number of thioether (sulfide) groups is 1. The normalized spacial score (nSPS) is 19.1. The molecule has 1 aromatic heterocycles. The summed E-state index contributed by atoms with van der Waals surface area (Å²) in [5.41, 5.74) is 3.01. The fourth-order valence-electron chi connectivity index (χ4n) is 4.30. The maximum Gasteiger partial charge on any atom is 0.240 e. The summed E-state index contributed by atoms with van der Waals surface area (Å²) < 4.78 is 31.2. The zero-order chi connectivity index (χ0) is 22.8. The first-order valence-electron chi connectivity index (χ1n) is 11.0. The van der Waals surface area contributed by atoms with Crippen molar-refractivity contribution in [1.29, 1.82) is 0 Å². The first-order valence-corrected chi connectivity index (χ1v) is 13.7. The highest BCUT2D eigenvalue weighted by Crippen LogP contribution is 2.37. The summed E-state index contributed by atoms with van der Waals surface area (Å²) in [6, 6.07) is 24.4. The van der Waals surface area contributed by atoms with Crippen molar-refractivity contribution < 1.29 is 8.42 Å². The molecule has 0 radical (unpaired) electrons. The number of benzene rings is 3. The SMILES string of the molecule is O=S(=O)(N[C@@H]1CCCC[C@@H]1Sc1nc2ccccc2n1-c1ccccc1)c1ccc(Cl)cc1. The van der Waals surface area contributed by atoms with Gasteiger partial charge in [-0.15, -0.1) is 0 Å². The summed E-state index contributed by atoms with van der Waals surface area (Å²) in [7, 11) is -3.64. The van der Waals surface area contributed by atoms with Crippen molar-refractivity contribution >= 4 is 44.4 Å². The number of para-hydroxylation sites is 3. The Morgan fingerprint density at radius 1 is 0.909 bits per heavy atom. The lowest BCUT2D eigenvalue weighted by molar-refractivity contribution is 0.422. The molecule has 0 amide bonds. The molecule has 0 bridgehead atoms. The van der Waals surface area contributed by atoms with Crippen molar-refractivity contribution in [2.24, 2.45) is 0 Å². The van der Waals surface area contributed by atoms with E-state index in [9.17, 15) is 8.42 Å². The van der Waals surface area contributed by atoms with Crippen LogP contribution in [0.4, 0.5) is 0 Å². The van der Waals surface area contributed by atoms with Crippen LogP contribution in [0.1, 0.15) is 25.7 Å². The minimum Gasteiger partial charge on any atom is -0.287 e. The van der Waals surface area contributed by atoms with Crippen LogP contribution >= 0.6 is 23.4 Å². The Labute approximate surface area is 203 Å². The summed E-state index contributed by atoms with van der Waals surface area (Å²) >= 11 is 7.60. The molecule has 1 aliphatic carbocycles. The molecule has 2 atom stereocenters. The second kappa shape index (κ2) is 9.50. The van der Waals surface area contributed by atoms with E-state index in [1.165, 1.54) is 0 Å². The molecule has 5 rings (SSSR count). The van der Waals surface area contributed by atoms with Crippen LogP contribution in [0.5, 0.6) is 0 Å². The standard InChI is InChI=1S/C25H24ClN3O2S2/c26-18-14-16-20(17-15-18)33(30,31)28-22-11-5-7-13-24(22)32-25-27-21-10-4-6-12-23(21)29(25)19-8-2-1-3-9-19/h1-4,6,8-10,12,14-17,22,24,28H,5,7,11,13H2/t22-,24+/m1/s1. The quantitative estimate of drug-likeness (QED) is 0.351. The van der Waals surface area contributed by atoms with Crippen LogP contribution in [0.3, 0.4) is 0 Å². The van der Waals surface area contributed by atoms with Gasteiger partial charge in [0.2, 0.25) is 10.0 Å². The third-order valence-electron chi connectivity index (χ3n) is 5.93. The third-order valence-corrected chi connectivity index (χ3v) is 9.04. The second-order valence-electron chi connectivity index (χ2n) is 8.18. The number of halogens is 1. The summed E-state index contributed by atoms with van der Waals surface area (Å²) in [6.45, 7) is 0. The van der Waals surface area contributed by atoms with Crippen molar-refractivity contribution in [1.82, 2.24) is 14.3 Å². The minimum absolute atomic E-state index is 0.0834. The molecule has 0 saturated heterocycles. The number of rotatable bonds is 6. The van der Waals surface area contributed by atoms with Crippen LogP contribution in [0, 0.1) is 0 Å². The first-order chi connectivity index (χ1) is 16.0. The van der Waals surface area contributed by atoms with E-state index in [0.29, 0.717) is 5.02 Å². The van der Waals surface area contributed by atoms with Gasteiger partial charge in [-0.1, -0.05) is 66.5 Å². The monoisotopic (exact) mass is 497 g/mol. The van der Waals surface area contributed by atoms with E-state index in [2.05, 4.69) is 27.5 Å². The zero-order valence-electron chi connectivity index (χ0n) is 17.9. The molecule has 1 aliphatic rings. The van der Waals surface area contributed by atoms with Gasteiger partial charge in [0, 0.05) is 22.0 Å². The van der Waals surface area contributed by atoms with E-state index in [4.69, 9.17) is 16.6 Å². The van der Waals surface area contributed by atoms with Gasteiger partial charge in [-0.25, -0.2) is 18.1 Å². The molecule has 1 heterocycles. The van der Waals surface area contributed by atoms with Gasteiger partial charge in [-0.05, 0) is 61.4 Å². The molecule has 0 unspecified atom stereocenters. The van der Waals surface area contributed by atoms with Crippen LogP contribution in [-0.4, -0.2) is 29.3 Å². The number of imidazole rings is 1. The molecule has 0 aliphatic heterocycles. The Kier molecular flexibility index (Phi) is 6.47. The van der Waals surface area contributed by atoms with Crippen molar-refractivity contribution in [3.63, 3.8) is 0 Å². The Morgan fingerprint density at radius 2 is 1.61 bits per heavy atom. The summed E-state index contributed by atoms with van der Waals surface area (Å²) in [6.07, 6.45) is 3.80. The maximum atomic E-state index is 13.1. The number of nitrogens with zero attached hydrogens (tertiary/aromatic N) is 2. The van der Waals surface area contributed by atoms with Crippen molar-refractivity contribution in [2.75, 3.05) is 0 Å². The van der Waals surface area contributed by atoms with Gasteiger partial charge >= 0.3 is 0 Å². The molecule has 4 aromatic rings. The van der Waals surface area contributed by atoms with Gasteiger partial charge < -0.3 is 0 Å². The topological polar surface area (TPSA) is 64.0 Å². The Morgan fingerprint density at radius 3 is 2.39 bits per heavy atom. The van der Waals surface area contributed by atoms with E-state index >= 15 is 0 Å². The van der Waals surface area contributed by atoms with Crippen LogP contribution in [0.25, 0.3) is 16.7 Å². The number of hydrogen-bond donors (Lipinski definition) is 1. The first kappa shape index (κ1) is 22.5. The summed E-state index contributed by atoms with van der Waals surface area (Å²) in [5.74, 6) is 0. The average molecular weight is 498 g/mol. The van der Waals surface area contributed by atoms with Crippen LogP contribution in [-0.2, 0) is 10.0 Å². The highest BCUT2D eigenvalue weighted by Gasteiger charge is 2.32. The lowest BCUT2D eigenvalue weighted by atomic mass is 9.96. The molecule has 8 heteroatoms. The molecular weight excluding hydrogens is 474 g/mol. The highest BCUT2D eigenvalue weighted by atomic mass is 35.5. The number of nitrogens with one attached hydrogen (secondary N) is 1. The summed E-state index contributed by atoms with van der Waals surface area (Å²) in [4.78, 5) is 5.15. The lowest BCUT2D eigenvalue weighted by Crippen LogP contribution is -2.43. The fourth-order valence-corrected chi connectivity index (χ4v) is 7.21. The average Bonchev–Trinajstić information content (AvgIpc) is 3.19. The van der Waals surface area contributed by atoms with Gasteiger partial charge in [0.25, 0.3) is 0 Å². The molecule has 3 aromatic carbocycles. The van der Waals surface area contributed by atoms with E-state index in [1.54, 1.807) is 36.0 Å². The molecule has 1 N–H and O–H groups in total. The van der Waals surface area contributed by atoms with Crippen molar-refractivity contribution in [2.45, 2.75) is 47.0 Å². The minimum atomic E-state index is -3.64. The number of hydrogen-bond acceptors (Lipinski definition) is 4. The summed E-state index contributed by atoms with van der Waals surface area (Å²) in [5, 5.41) is 1.48. The smallest absolute Gasteiger partial charge is 0.240 e. The Balaban J connectivity index is 1.46. The largest absolute Gasteiger partial charge is 0.287 e. The molecule has 1 saturated carbocycles. The number of aromatic nitrogens is 2. The Hall–Kier alpha value is -2.32. The molecule has 33 heavy (non-hydrogen) atoms. The molecule has 1 fully saturated rings. The van der Waals surface area contributed by atoms with Gasteiger partial charge in [0.15, 0.2) is 5.16 Å². The molecule has 0 spiro atoms. The van der Waals surface area contributed by atoms with E-state index < -0.39 is 10.0 Å². The third kappa shape index (κ3) is 4.82. The predicted octanol–water partition coefficient (Wildman–Crippen LogP) is 6.06. The van der Waals surface area contributed by atoms with Gasteiger partial charge in [-0.2, -0.15) is 0 Å². The van der Waals surface area contributed by atoms with E-state index in [1.807, 2.05) is 36.4 Å². The van der Waals surface area contributed by atoms with Crippen LogP contribution < -0.4 is 4.72 Å². The second-order valence-corrected chi connectivity index (χ2v) is 11.5. The van der Waals surface area contributed by atoms with E-state index in [0.717, 1.165) is 47.6 Å². The van der Waals surface area contributed by atoms with Crippen molar-refractivity contribution in [3.8, 4) is 5.69 Å². The maximum absolute atomic E-state index is 13.1. The molecular formula is C25H24ClN3O2S2. The van der Waals surface area contributed by atoms with Gasteiger partial charge in [0.1, 0.15) is 0 Å². The van der Waals surface area contributed by atoms with Crippen molar-refractivity contribution in [3.05, 3.63) is 83.9 Å². The molecule has 5 nitrogen and oxygen atoms in total. The van der Waals surface area contributed by atoms with Crippen LogP contribution in [0.2, 0.25) is 5.02 Å². The number of sulfonamides is 1. The predicted molar refractivity (Wildman–Crippen MR) is 135 cm³/mol.